The van der Waals surface area contributed by atoms with Crippen LogP contribution in [-0.2, 0) is 22.7 Å². The molecule has 1 unspecified atom stereocenters. The van der Waals surface area contributed by atoms with Gasteiger partial charge in [-0.05, 0) is 37.7 Å². The Kier molecular flexibility index (Phi) is 15.9. The highest BCUT2D eigenvalue weighted by atomic mass is 16.5. The van der Waals surface area contributed by atoms with Crippen LogP contribution in [0.15, 0.2) is 34.7 Å². The average molecular weight is 530 g/mol. The molecule has 7 heteroatoms. The highest BCUT2D eigenvalue weighted by Crippen LogP contribution is 2.31. The van der Waals surface area contributed by atoms with E-state index in [9.17, 15) is 4.79 Å². The Bertz CT molecular complexity index is 875. The summed E-state index contributed by atoms with van der Waals surface area (Å²) in [6.07, 6.45) is 12.5. The summed E-state index contributed by atoms with van der Waals surface area (Å²) in [5, 5.41) is 12.1. The number of amides is 1. The van der Waals surface area contributed by atoms with Crippen LogP contribution < -0.4 is 11.1 Å². The van der Waals surface area contributed by atoms with Crippen LogP contribution in [0.2, 0.25) is 0 Å². The standard InChI is InChI=1S/C22H37N3O3.C7H8O.C2H6/c1-16-20(15-24-19-10-12-27-13-11-19)25-22(28-16)18(14-21(23)26)9-5-8-17-6-3-2-4-7-17;8-6-7-4-2-1-3-5-7;1-2/h17-19,24H,2-15H2,1H3,(H2,23,26);1-5,8H,6H2;1-2H3. The van der Waals surface area contributed by atoms with Gasteiger partial charge in [-0.2, -0.15) is 0 Å². The highest BCUT2D eigenvalue weighted by Gasteiger charge is 2.23. The lowest BCUT2D eigenvalue weighted by molar-refractivity contribution is -0.118. The molecule has 2 aromatic rings. The van der Waals surface area contributed by atoms with Crippen molar-refractivity contribution in [2.45, 2.75) is 117 Å². The van der Waals surface area contributed by atoms with Gasteiger partial charge in [0.2, 0.25) is 5.91 Å². The van der Waals surface area contributed by atoms with Gasteiger partial charge in [-0.15, -0.1) is 0 Å². The minimum Gasteiger partial charge on any atom is -0.445 e. The SMILES string of the molecule is CC.Cc1oc(C(CCCC2CCCCC2)CC(N)=O)nc1CNC1CCOCC1.OCc1ccccc1. The number of nitrogens with two attached hydrogens (primary N) is 1. The van der Waals surface area contributed by atoms with Crippen LogP contribution in [0.4, 0.5) is 0 Å². The number of ether oxygens (including phenoxy) is 1. The fraction of sp³-hybridized carbons (Fsp3) is 0.677. The van der Waals surface area contributed by atoms with E-state index in [2.05, 4.69) is 5.32 Å². The van der Waals surface area contributed by atoms with Crippen molar-refractivity contribution in [3.63, 3.8) is 0 Å². The topological polar surface area (TPSA) is 111 Å². The molecule has 0 spiro atoms. The molecule has 1 atom stereocenters. The monoisotopic (exact) mass is 529 g/mol. The third kappa shape index (κ3) is 12.1. The van der Waals surface area contributed by atoms with E-state index in [0.29, 0.717) is 24.9 Å². The molecular formula is C31H51N3O4. The first kappa shape index (κ1) is 32.0. The second-order valence-electron chi connectivity index (χ2n) is 10.3. The number of aryl methyl sites for hydroxylation is 1. The van der Waals surface area contributed by atoms with Crippen LogP contribution >= 0.6 is 0 Å². The van der Waals surface area contributed by atoms with E-state index in [1.165, 1.54) is 38.5 Å². The molecule has 4 N–H and O–H groups in total. The number of rotatable bonds is 11. The van der Waals surface area contributed by atoms with Crippen molar-refractivity contribution in [3.8, 4) is 0 Å². The van der Waals surface area contributed by atoms with Crippen molar-refractivity contribution in [2.75, 3.05) is 13.2 Å². The van der Waals surface area contributed by atoms with Crippen molar-refractivity contribution < 1.29 is 19.1 Å². The molecule has 1 aromatic heterocycles. The third-order valence-corrected chi connectivity index (χ3v) is 7.40. The summed E-state index contributed by atoms with van der Waals surface area (Å²) < 4.78 is 11.4. The zero-order valence-electron chi connectivity index (χ0n) is 23.9. The van der Waals surface area contributed by atoms with Crippen LogP contribution in [0.1, 0.15) is 113 Å². The van der Waals surface area contributed by atoms with E-state index in [0.717, 1.165) is 61.8 Å². The molecule has 1 saturated heterocycles. The Hall–Kier alpha value is -2.22. The van der Waals surface area contributed by atoms with Crippen LogP contribution in [0.25, 0.3) is 0 Å². The summed E-state index contributed by atoms with van der Waals surface area (Å²) in [6.45, 7) is 8.44. The lowest BCUT2D eigenvalue weighted by atomic mass is 9.84. The fourth-order valence-electron chi connectivity index (χ4n) is 5.20. The van der Waals surface area contributed by atoms with E-state index in [4.69, 9.17) is 25.0 Å². The largest absolute Gasteiger partial charge is 0.445 e. The number of nitrogens with one attached hydrogen (secondary N) is 1. The molecule has 1 aliphatic carbocycles. The number of benzene rings is 1. The van der Waals surface area contributed by atoms with Crippen molar-refractivity contribution >= 4 is 5.91 Å². The minimum absolute atomic E-state index is 0.00313. The third-order valence-electron chi connectivity index (χ3n) is 7.40. The minimum atomic E-state index is -0.277. The van der Waals surface area contributed by atoms with E-state index >= 15 is 0 Å². The number of aliphatic hydroxyl groups excluding tert-OH is 1. The van der Waals surface area contributed by atoms with Crippen LogP contribution in [0.3, 0.4) is 0 Å². The van der Waals surface area contributed by atoms with Gasteiger partial charge in [-0.1, -0.05) is 89.1 Å². The van der Waals surface area contributed by atoms with Gasteiger partial charge in [0, 0.05) is 38.1 Å². The molecule has 0 bridgehead atoms. The van der Waals surface area contributed by atoms with Gasteiger partial charge in [0.05, 0.1) is 12.3 Å². The first-order valence-corrected chi connectivity index (χ1v) is 14.8. The molecule has 214 valence electrons. The maximum atomic E-state index is 11.6. The maximum absolute atomic E-state index is 11.6. The van der Waals surface area contributed by atoms with Crippen molar-refractivity contribution in [1.29, 1.82) is 0 Å². The molecule has 7 nitrogen and oxygen atoms in total. The summed E-state index contributed by atoms with van der Waals surface area (Å²) in [4.78, 5) is 16.3. The number of hydrogen-bond donors (Lipinski definition) is 3. The Morgan fingerprint density at radius 3 is 2.39 bits per heavy atom. The maximum Gasteiger partial charge on any atom is 0.218 e. The quantitative estimate of drug-likeness (QED) is 0.321. The molecule has 2 aliphatic rings. The van der Waals surface area contributed by atoms with E-state index in [-0.39, 0.29) is 18.4 Å². The van der Waals surface area contributed by atoms with Crippen LogP contribution in [0.5, 0.6) is 0 Å². The van der Waals surface area contributed by atoms with Crippen LogP contribution in [0, 0.1) is 12.8 Å². The second-order valence-corrected chi connectivity index (χ2v) is 10.3. The van der Waals surface area contributed by atoms with Gasteiger partial charge in [0.1, 0.15) is 5.76 Å². The predicted molar refractivity (Wildman–Crippen MR) is 153 cm³/mol. The van der Waals surface area contributed by atoms with Gasteiger partial charge >= 0.3 is 0 Å². The zero-order valence-corrected chi connectivity index (χ0v) is 23.9. The molecule has 2 heterocycles. The summed E-state index contributed by atoms with van der Waals surface area (Å²) in [5.41, 5.74) is 7.43. The average Bonchev–Trinajstić information content (AvgIpc) is 3.34. The smallest absolute Gasteiger partial charge is 0.218 e. The number of primary amides is 1. The van der Waals surface area contributed by atoms with Gasteiger partial charge < -0.3 is 25.3 Å². The Balaban J connectivity index is 0.000000428. The number of hydrogen-bond acceptors (Lipinski definition) is 6. The molecule has 0 radical (unpaired) electrons. The van der Waals surface area contributed by atoms with Crippen LogP contribution in [-0.4, -0.2) is 35.3 Å². The first-order valence-electron chi connectivity index (χ1n) is 14.8. The number of aromatic nitrogens is 1. The molecule has 38 heavy (non-hydrogen) atoms. The van der Waals surface area contributed by atoms with Crippen molar-refractivity contribution in [1.82, 2.24) is 10.3 Å². The van der Waals surface area contributed by atoms with Gasteiger partial charge in [-0.3, -0.25) is 4.79 Å². The number of aliphatic hydroxyl groups is 1. The molecule has 1 amide bonds. The zero-order chi connectivity index (χ0) is 27.6. The fourth-order valence-corrected chi connectivity index (χ4v) is 5.20. The lowest BCUT2D eigenvalue weighted by Gasteiger charge is -2.22. The number of carbonyl (C=O) groups excluding carboxylic acids is 1. The number of carbonyl (C=O) groups is 1. The summed E-state index contributed by atoms with van der Waals surface area (Å²) in [7, 11) is 0. The second kappa shape index (κ2) is 18.9. The number of nitrogens with zero attached hydrogens (tertiary/aromatic N) is 1. The Morgan fingerprint density at radius 1 is 1.11 bits per heavy atom. The van der Waals surface area contributed by atoms with E-state index < -0.39 is 0 Å². The highest BCUT2D eigenvalue weighted by molar-refractivity contribution is 5.74. The van der Waals surface area contributed by atoms with Gasteiger partial charge in [0.25, 0.3) is 0 Å². The molecule has 1 aromatic carbocycles. The molecule has 4 rings (SSSR count). The summed E-state index contributed by atoms with van der Waals surface area (Å²) in [6, 6.07) is 10.0. The lowest BCUT2D eigenvalue weighted by Crippen LogP contribution is -2.34. The summed E-state index contributed by atoms with van der Waals surface area (Å²) >= 11 is 0. The van der Waals surface area contributed by atoms with E-state index in [1.807, 2.05) is 51.1 Å². The Morgan fingerprint density at radius 2 is 1.79 bits per heavy atom. The normalized spacial score (nSPS) is 17.1. The van der Waals surface area contributed by atoms with Gasteiger partial charge in [-0.25, -0.2) is 4.98 Å². The van der Waals surface area contributed by atoms with Crippen molar-refractivity contribution in [3.05, 3.63) is 53.2 Å². The molecular weight excluding hydrogens is 478 g/mol. The van der Waals surface area contributed by atoms with E-state index in [1.54, 1.807) is 0 Å². The predicted octanol–water partition coefficient (Wildman–Crippen LogP) is 6.17. The number of oxazole rings is 1. The Labute approximate surface area is 229 Å². The van der Waals surface area contributed by atoms with Crippen molar-refractivity contribution in [2.24, 2.45) is 11.7 Å². The molecule has 1 aliphatic heterocycles. The molecule has 1 saturated carbocycles. The first-order chi connectivity index (χ1) is 18.5. The van der Waals surface area contributed by atoms with Gasteiger partial charge in [0.15, 0.2) is 5.89 Å². The molecule has 2 fully saturated rings. The summed E-state index contributed by atoms with van der Waals surface area (Å²) in [5.74, 6) is 2.10.